The van der Waals surface area contributed by atoms with E-state index in [0.717, 1.165) is 0 Å². The normalized spacial score (nSPS) is 33.7. The van der Waals surface area contributed by atoms with Gasteiger partial charge in [0, 0.05) is 31.1 Å². The monoisotopic (exact) mass is 803 g/mol. The van der Waals surface area contributed by atoms with Gasteiger partial charge in [0.15, 0.2) is 5.60 Å². The van der Waals surface area contributed by atoms with Crippen molar-refractivity contribution in [3.05, 3.63) is 82.9 Å². The highest BCUT2D eigenvalue weighted by molar-refractivity contribution is 5.92. The first-order chi connectivity index (χ1) is 27.0. The van der Waals surface area contributed by atoms with E-state index in [4.69, 9.17) is 23.7 Å². The lowest BCUT2D eigenvalue weighted by molar-refractivity contribution is -0.345. The van der Waals surface area contributed by atoms with E-state index in [9.17, 15) is 29.4 Å². The van der Waals surface area contributed by atoms with E-state index in [2.05, 4.69) is 5.32 Å². The minimum absolute atomic E-state index is 0.0457. The van der Waals surface area contributed by atoms with E-state index in [1.807, 2.05) is 6.07 Å². The molecule has 13 nitrogen and oxygen atoms in total. The molecule has 11 atom stereocenters. The Hall–Kier alpha value is -4.59. The minimum atomic E-state index is -2.11. The van der Waals surface area contributed by atoms with Crippen molar-refractivity contribution in [2.24, 2.45) is 28.6 Å². The van der Waals surface area contributed by atoms with Gasteiger partial charge in [0.25, 0.3) is 0 Å². The number of nitrogens with one attached hydrogen (secondary N) is 1. The van der Waals surface area contributed by atoms with Crippen LogP contribution >= 0.6 is 0 Å². The van der Waals surface area contributed by atoms with Crippen LogP contribution < -0.4 is 5.32 Å². The molecule has 0 aromatic heterocycles. The molecule has 2 saturated carbocycles. The Morgan fingerprint density at radius 3 is 2.12 bits per heavy atom. The molecule has 1 aliphatic heterocycles. The molecule has 4 aliphatic rings. The molecule has 3 fully saturated rings. The summed E-state index contributed by atoms with van der Waals surface area (Å²) < 4.78 is 30.3. The molecule has 0 radical (unpaired) electrons. The average Bonchev–Trinajstić information content (AvgIpc) is 3.14. The van der Waals surface area contributed by atoms with E-state index in [0.29, 0.717) is 16.7 Å². The summed E-state index contributed by atoms with van der Waals surface area (Å²) in [5, 5.41) is 28.4. The number of benzene rings is 2. The average molecular weight is 804 g/mol. The summed E-state index contributed by atoms with van der Waals surface area (Å²) in [4.78, 5) is 69.8. The van der Waals surface area contributed by atoms with Gasteiger partial charge < -0.3 is 39.2 Å². The maximum Gasteiger partial charge on any atom is 0.408 e. The maximum absolute atomic E-state index is 15.2. The lowest BCUT2D eigenvalue weighted by Crippen LogP contribution is -2.81. The Morgan fingerprint density at radius 2 is 1.57 bits per heavy atom. The third-order valence-electron chi connectivity index (χ3n) is 13.2. The number of hydrogen-bond acceptors (Lipinski definition) is 12. The first-order valence-electron chi connectivity index (χ1n) is 20.0. The van der Waals surface area contributed by atoms with Gasteiger partial charge in [-0.05, 0) is 70.4 Å². The molecular formula is C45H57NO12. The van der Waals surface area contributed by atoms with Gasteiger partial charge in [-0.15, -0.1) is 0 Å². The SMILES string of the molecule is CC(=O)O[C@@]12CO[C@@H]1C[C@H](O)[C@@]1(C)C(=O)[C@H](C)C3=C(C)[C@@H](OC(=O)[C@H](C)[C@@H](NC(=O)OC(C)(C)C)c4ccccc4)C[C@@](O)([C@@H](OC(=O)c4ccccc4)[C@H]21)C3(C)C. The molecule has 58 heavy (non-hydrogen) atoms. The van der Waals surface area contributed by atoms with E-state index in [1.54, 1.807) is 117 Å². The topological polar surface area (TPSA) is 184 Å². The lowest BCUT2D eigenvalue weighted by atomic mass is 9.43. The highest BCUT2D eigenvalue weighted by Gasteiger charge is 2.77. The van der Waals surface area contributed by atoms with Crippen molar-refractivity contribution in [3.8, 4) is 0 Å². The number of esters is 3. The molecule has 2 aromatic rings. The summed E-state index contributed by atoms with van der Waals surface area (Å²) in [5.41, 5.74) is -5.78. The van der Waals surface area contributed by atoms with Crippen molar-refractivity contribution >= 4 is 29.8 Å². The van der Waals surface area contributed by atoms with Crippen LogP contribution in [0.4, 0.5) is 4.79 Å². The zero-order valence-electron chi connectivity index (χ0n) is 35.0. The number of Topliss-reactive ketones (excluding diaryl/α,β-unsaturated/α-hetero) is 1. The van der Waals surface area contributed by atoms with Crippen LogP contribution in [-0.4, -0.2) is 87.8 Å². The van der Waals surface area contributed by atoms with Gasteiger partial charge in [0.2, 0.25) is 0 Å². The molecule has 6 rings (SSSR count). The summed E-state index contributed by atoms with van der Waals surface area (Å²) in [5.74, 6) is -5.88. The number of rotatable bonds is 8. The fourth-order valence-electron chi connectivity index (χ4n) is 10.2. The van der Waals surface area contributed by atoms with Gasteiger partial charge in [0.1, 0.15) is 35.3 Å². The van der Waals surface area contributed by atoms with Gasteiger partial charge in [-0.1, -0.05) is 69.3 Å². The highest BCUT2D eigenvalue weighted by atomic mass is 16.6. The second-order valence-corrected chi connectivity index (χ2v) is 18.2. The Kier molecular flexibility index (Phi) is 11.3. The molecule has 1 saturated heterocycles. The summed E-state index contributed by atoms with van der Waals surface area (Å²) in [6, 6.07) is 16.2. The van der Waals surface area contributed by atoms with Crippen LogP contribution in [0.25, 0.3) is 0 Å². The Bertz CT molecular complexity index is 1970. The standard InChI is InChI=1S/C45H57NO12/c1-24-30(55-38(50)26(3)34(28-17-13-11-14-18-28)46-40(52)58-41(5,6)7)22-45(53)37(56-39(51)29-19-15-12-16-20-29)35-43(10,36(49)25(2)33(24)42(45,8)9)31(48)21-32-44(35,23-54-32)57-27(4)47/h11-20,25-26,30-32,34-35,37,48,53H,21-23H2,1-10H3,(H,46,52)/t25-,26-,30+,31+,32-,34-,35+,37+,43-,44+,45-/m1/s1. The van der Waals surface area contributed by atoms with Gasteiger partial charge in [-0.2, -0.15) is 0 Å². The van der Waals surface area contributed by atoms with E-state index in [1.165, 1.54) is 6.92 Å². The van der Waals surface area contributed by atoms with Crippen molar-refractivity contribution in [1.29, 1.82) is 0 Å². The second-order valence-electron chi connectivity index (χ2n) is 18.2. The molecule has 3 aliphatic carbocycles. The highest BCUT2D eigenvalue weighted by Crippen LogP contribution is 2.65. The van der Waals surface area contributed by atoms with Gasteiger partial charge in [0.05, 0.1) is 41.6 Å². The smallest absolute Gasteiger partial charge is 0.408 e. The number of carbonyl (C=O) groups excluding carboxylic acids is 5. The van der Waals surface area contributed by atoms with Crippen LogP contribution in [-0.2, 0) is 38.1 Å². The Balaban J connectivity index is 1.49. The van der Waals surface area contributed by atoms with Crippen molar-refractivity contribution in [2.75, 3.05) is 6.61 Å². The fraction of sp³-hybridized carbons (Fsp3) is 0.578. The first kappa shape index (κ1) is 43.0. The Labute approximate surface area is 339 Å². The van der Waals surface area contributed by atoms with Crippen LogP contribution in [0.1, 0.15) is 104 Å². The predicted octanol–water partition coefficient (Wildman–Crippen LogP) is 5.81. The predicted molar refractivity (Wildman–Crippen MR) is 210 cm³/mol. The molecule has 314 valence electrons. The van der Waals surface area contributed by atoms with Crippen molar-refractivity contribution in [2.45, 2.75) is 129 Å². The van der Waals surface area contributed by atoms with Crippen LogP contribution in [0.2, 0.25) is 0 Å². The fourth-order valence-corrected chi connectivity index (χ4v) is 10.2. The molecule has 2 aromatic carbocycles. The molecule has 1 heterocycles. The summed E-state index contributed by atoms with van der Waals surface area (Å²) >= 11 is 0. The maximum atomic E-state index is 15.2. The molecule has 1 amide bonds. The number of ketones is 1. The summed E-state index contributed by atoms with van der Waals surface area (Å²) in [6.07, 6.45) is -6.07. The third kappa shape index (κ3) is 7.12. The largest absolute Gasteiger partial charge is 0.457 e. The van der Waals surface area contributed by atoms with Crippen LogP contribution in [0, 0.1) is 28.6 Å². The number of carbonyl (C=O) groups is 5. The van der Waals surface area contributed by atoms with E-state index in [-0.39, 0.29) is 25.0 Å². The third-order valence-corrected chi connectivity index (χ3v) is 13.2. The van der Waals surface area contributed by atoms with Crippen LogP contribution in [0.3, 0.4) is 0 Å². The van der Waals surface area contributed by atoms with Crippen molar-refractivity contribution in [1.82, 2.24) is 5.32 Å². The lowest BCUT2D eigenvalue weighted by Gasteiger charge is -2.67. The van der Waals surface area contributed by atoms with E-state index < -0.39 is 106 Å². The van der Waals surface area contributed by atoms with E-state index >= 15 is 4.79 Å². The molecular weight excluding hydrogens is 746 g/mol. The number of aliphatic hydroxyl groups excluding tert-OH is 1. The number of ether oxygens (including phenoxy) is 5. The van der Waals surface area contributed by atoms with Crippen molar-refractivity contribution < 1.29 is 57.9 Å². The number of fused-ring (bicyclic) bond motifs is 5. The van der Waals surface area contributed by atoms with Crippen LogP contribution in [0.5, 0.6) is 0 Å². The van der Waals surface area contributed by atoms with Crippen molar-refractivity contribution in [3.63, 3.8) is 0 Å². The van der Waals surface area contributed by atoms with Crippen LogP contribution in [0.15, 0.2) is 71.8 Å². The summed E-state index contributed by atoms with van der Waals surface area (Å²) in [7, 11) is 0. The molecule has 0 spiro atoms. The first-order valence-corrected chi connectivity index (χ1v) is 20.0. The number of alkyl carbamates (subject to hydrolysis) is 1. The Morgan fingerprint density at radius 1 is 0.966 bits per heavy atom. The zero-order valence-corrected chi connectivity index (χ0v) is 35.0. The molecule has 0 unspecified atom stereocenters. The van der Waals surface area contributed by atoms with Gasteiger partial charge >= 0.3 is 24.0 Å². The zero-order chi connectivity index (χ0) is 42.7. The number of hydrogen-bond donors (Lipinski definition) is 3. The van der Waals surface area contributed by atoms with Gasteiger partial charge in [-0.25, -0.2) is 9.59 Å². The van der Waals surface area contributed by atoms with Gasteiger partial charge in [-0.3, -0.25) is 14.4 Å². The molecule has 2 bridgehead atoms. The molecule has 13 heteroatoms. The summed E-state index contributed by atoms with van der Waals surface area (Å²) in [6.45, 7) is 16.4. The minimum Gasteiger partial charge on any atom is -0.457 e. The number of aliphatic hydroxyl groups is 2. The quantitative estimate of drug-likeness (QED) is 0.166. The molecule has 3 N–H and O–H groups in total. The number of amides is 1. The second kappa shape index (κ2) is 15.2.